The third kappa shape index (κ3) is 3.23. The molecule has 1 aromatic carbocycles. The van der Waals surface area contributed by atoms with Crippen LogP contribution in [-0.2, 0) is 12.3 Å². The molecular weight excluding hydrogens is 244 g/mol. The molecule has 18 heavy (non-hydrogen) atoms. The summed E-state index contributed by atoms with van der Waals surface area (Å²) in [5.74, 6) is 1.01. The number of carbonyl (C=O) groups excluding carboxylic acids is 1. The molecule has 0 saturated carbocycles. The average molecular weight is 260 g/mol. The summed E-state index contributed by atoms with van der Waals surface area (Å²) < 4.78 is 1.93. The van der Waals surface area contributed by atoms with Crippen molar-refractivity contribution in [2.45, 2.75) is 31.0 Å². The Hall–Kier alpha value is -1.55. The van der Waals surface area contributed by atoms with E-state index in [1.165, 1.54) is 10.5 Å². The van der Waals surface area contributed by atoms with Gasteiger partial charge in [0.1, 0.15) is 0 Å². The molecule has 0 N–H and O–H groups in total. The van der Waals surface area contributed by atoms with Crippen LogP contribution < -0.4 is 0 Å². The molecule has 0 aliphatic carbocycles. The topological polar surface area (TPSA) is 34.9 Å². The Kier molecular flexibility index (Phi) is 4.20. The molecule has 3 nitrogen and oxygen atoms in total. The molecule has 1 heterocycles. The largest absolute Gasteiger partial charge is 0.295 e. The summed E-state index contributed by atoms with van der Waals surface area (Å²) >= 11 is 1.75. The molecule has 0 bridgehead atoms. The summed E-state index contributed by atoms with van der Waals surface area (Å²) in [5.41, 5.74) is 1.98. The lowest BCUT2D eigenvalue weighted by atomic mass is 10.2. The molecule has 2 aromatic rings. The van der Waals surface area contributed by atoms with E-state index in [0.29, 0.717) is 0 Å². The Morgan fingerprint density at radius 1 is 1.33 bits per heavy atom. The number of benzene rings is 1. The first-order chi connectivity index (χ1) is 8.69. The van der Waals surface area contributed by atoms with Crippen LogP contribution in [0.25, 0.3) is 0 Å². The molecule has 0 amide bonds. The number of ketones is 1. The van der Waals surface area contributed by atoms with Gasteiger partial charge in [-0.1, -0.05) is 12.1 Å². The second kappa shape index (κ2) is 5.87. The van der Waals surface area contributed by atoms with Gasteiger partial charge in [-0.2, -0.15) is 5.10 Å². The van der Waals surface area contributed by atoms with Gasteiger partial charge in [-0.25, -0.2) is 0 Å². The summed E-state index contributed by atoms with van der Waals surface area (Å²) in [5, 5.41) is 4.24. The highest BCUT2D eigenvalue weighted by Gasteiger charge is 2.01. The van der Waals surface area contributed by atoms with Gasteiger partial charge in [0.25, 0.3) is 0 Å². The van der Waals surface area contributed by atoms with Crippen LogP contribution in [0.2, 0.25) is 0 Å². The Bertz CT molecular complexity index is 531. The van der Waals surface area contributed by atoms with Crippen LogP contribution in [-0.4, -0.2) is 15.6 Å². The number of aromatic nitrogens is 2. The first-order valence-corrected chi connectivity index (χ1v) is 6.92. The highest BCUT2D eigenvalue weighted by atomic mass is 32.2. The fourth-order valence-electron chi connectivity index (χ4n) is 1.61. The van der Waals surface area contributed by atoms with Gasteiger partial charge in [0, 0.05) is 34.5 Å². The predicted molar refractivity (Wildman–Crippen MR) is 73.9 cm³/mol. The van der Waals surface area contributed by atoms with Crippen molar-refractivity contribution in [2.24, 2.45) is 0 Å². The number of thioether (sulfide) groups is 1. The normalized spacial score (nSPS) is 10.6. The lowest BCUT2D eigenvalue weighted by molar-refractivity contribution is 0.101. The molecule has 0 unspecified atom stereocenters. The van der Waals surface area contributed by atoms with Crippen molar-refractivity contribution in [3.8, 4) is 0 Å². The van der Waals surface area contributed by atoms with Gasteiger partial charge in [0.15, 0.2) is 5.78 Å². The number of nitrogens with zero attached hydrogens (tertiary/aromatic N) is 2. The molecule has 1 aromatic heterocycles. The van der Waals surface area contributed by atoms with Crippen molar-refractivity contribution < 1.29 is 4.79 Å². The van der Waals surface area contributed by atoms with E-state index in [2.05, 4.69) is 18.2 Å². The summed E-state index contributed by atoms with van der Waals surface area (Å²) in [6.07, 6.45) is 3.97. The standard InChI is InChI=1S/C14H16N2OS/c1-3-16-9-12(8-15-16)10-18-14-6-4-13(5-7-14)11(2)17/h4-9H,3,10H2,1-2H3. The maximum absolute atomic E-state index is 11.2. The maximum Gasteiger partial charge on any atom is 0.159 e. The van der Waals surface area contributed by atoms with Crippen molar-refractivity contribution in [1.82, 2.24) is 9.78 Å². The molecule has 0 aliphatic heterocycles. The minimum absolute atomic E-state index is 0.107. The number of hydrogen-bond donors (Lipinski definition) is 0. The summed E-state index contributed by atoms with van der Waals surface area (Å²) in [6.45, 7) is 4.56. The summed E-state index contributed by atoms with van der Waals surface area (Å²) in [7, 11) is 0. The second-order valence-electron chi connectivity index (χ2n) is 4.07. The fourth-order valence-corrected chi connectivity index (χ4v) is 2.42. The van der Waals surface area contributed by atoms with Gasteiger partial charge >= 0.3 is 0 Å². The maximum atomic E-state index is 11.2. The van der Waals surface area contributed by atoms with E-state index in [0.717, 1.165) is 17.9 Å². The first kappa shape index (κ1) is 12.9. The Morgan fingerprint density at radius 3 is 2.61 bits per heavy atom. The Morgan fingerprint density at radius 2 is 2.06 bits per heavy atom. The minimum Gasteiger partial charge on any atom is -0.295 e. The number of rotatable bonds is 5. The molecule has 0 spiro atoms. The second-order valence-corrected chi connectivity index (χ2v) is 5.12. The highest BCUT2D eigenvalue weighted by Crippen LogP contribution is 2.22. The lowest BCUT2D eigenvalue weighted by Crippen LogP contribution is -1.92. The smallest absolute Gasteiger partial charge is 0.159 e. The van der Waals surface area contributed by atoms with Gasteiger partial charge < -0.3 is 0 Å². The molecule has 0 fully saturated rings. The molecule has 0 atom stereocenters. The molecule has 0 radical (unpaired) electrons. The van der Waals surface area contributed by atoms with Gasteiger partial charge in [0.2, 0.25) is 0 Å². The van der Waals surface area contributed by atoms with Gasteiger partial charge in [-0.05, 0) is 26.0 Å². The minimum atomic E-state index is 0.107. The predicted octanol–water partition coefficient (Wildman–Crippen LogP) is 3.40. The summed E-state index contributed by atoms with van der Waals surface area (Å²) in [6, 6.07) is 7.73. The zero-order chi connectivity index (χ0) is 13.0. The molecule has 4 heteroatoms. The van der Waals surface area contributed by atoms with Gasteiger partial charge in [-0.15, -0.1) is 11.8 Å². The van der Waals surface area contributed by atoms with Gasteiger partial charge in [-0.3, -0.25) is 9.48 Å². The van der Waals surface area contributed by atoms with Crippen LogP contribution in [0.4, 0.5) is 0 Å². The SMILES string of the molecule is CCn1cc(CSc2ccc(C(C)=O)cc2)cn1. The molecule has 2 rings (SSSR count). The van der Waals surface area contributed by atoms with E-state index in [4.69, 9.17) is 0 Å². The van der Waals surface area contributed by atoms with Crippen molar-refractivity contribution in [3.05, 3.63) is 47.8 Å². The van der Waals surface area contributed by atoms with E-state index in [-0.39, 0.29) is 5.78 Å². The van der Waals surface area contributed by atoms with Crippen molar-refractivity contribution >= 4 is 17.5 Å². The molecule has 0 saturated heterocycles. The van der Waals surface area contributed by atoms with E-state index in [1.807, 2.05) is 35.1 Å². The van der Waals surface area contributed by atoms with Crippen molar-refractivity contribution in [2.75, 3.05) is 0 Å². The zero-order valence-electron chi connectivity index (χ0n) is 10.6. The first-order valence-electron chi connectivity index (χ1n) is 5.94. The van der Waals surface area contributed by atoms with Crippen LogP contribution in [0, 0.1) is 0 Å². The Labute approximate surface area is 111 Å². The van der Waals surface area contributed by atoms with E-state index < -0.39 is 0 Å². The third-order valence-corrected chi connectivity index (χ3v) is 3.76. The van der Waals surface area contributed by atoms with Crippen LogP contribution in [0.3, 0.4) is 0 Å². The third-order valence-electron chi connectivity index (χ3n) is 2.68. The number of Topliss-reactive ketones (excluding diaryl/α,β-unsaturated/α-hetero) is 1. The highest BCUT2D eigenvalue weighted by molar-refractivity contribution is 7.98. The molecule has 0 aliphatic rings. The zero-order valence-corrected chi connectivity index (χ0v) is 11.4. The van der Waals surface area contributed by atoms with Crippen molar-refractivity contribution in [3.63, 3.8) is 0 Å². The van der Waals surface area contributed by atoms with Crippen LogP contribution in [0.1, 0.15) is 29.8 Å². The quantitative estimate of drug-likeness (QED) is 0.610. The van der Waals surface area contributed by atoms with E-state index >= 15 is 0 Å². The van der Waals surface area contributed by atoms with Crippen LogP contribution >= 0.6 is 11.8 Å². The van der Waals surface area contributed by atoms with E-state index in [1.54, 1.807) is 18.7 Å². The summed E-state index contributed by atoms with van der Waals surface area (Å²) in [4.78, 5) is 12.3. The molecular formula is C14H16N2OS. The van der Waals surface area contributed by atoms with Crippen molar-refractivity contribution in [1.29, 1.82) is 0 Å². The van der Waals surface area contributed by atoms with Gasteiger partial charge in [0.05, 0.1) is 6.20 Å². The number of aryl methyl sites for hydroxylation is 1. The lowest BCUT2D eigenvalue weighted by Gasteiger charge is -2.01. The average Bonchev–Trinajstić information content (AvgIpc) is 2.85. The van der Waals surface area contributed by atoms with Crippen LogP contribution in [0.15, 0.2) is 41.6 Å². The monoisotopic (exact) mass is 260 g/mol. The fraction of sp³-hybridized carbons (Fsp3) is 0.286. The molecule has 94 valence electrons. The number of hydrogen-bond acceptors (Lipinski definition) is 3. The Balaban J connectivity index is 1.95. The van der Waals surface area contributed by atoms with E-state index in [9.17, 15) is 4.79 Å². The van der Waals surface area contributed by atoms with Crippen LogP contribution in [0.5, 0.6) is 0 Å². The number of carbonyl (C=O) groups is 1.